The molecule has 0 saturated heterocycles. The minimum absolute atomic E-state index is 0.0336. The molecule has 0 atom stereocenters. The van der Waals surface area contributed by atoms with Gasteiger partial charge in [-0.3, -0.25) is 4.79 Å². The molecular formula is C15H29NO3. The number of rotatable bonds is 8. The van der Waals surface area contributed by atoms with Crippen molar-refractivity contribution >= 4 is 5.97 Å². The zero-order valence-corrected chi connectivity index (χ0v) is 12.7. The van der Waals surface area contributed by atoms with Crippen molar-refractivity contribution in [3.63, 3.8) is 0 Å². The molecule has 0 aliphatic heterocycles. The van der Waals surface area contributed by atoms with Crippen molar-refractivity contribution in [1.82, 2.24) is 5.32 Å². The zero-order valence-electron chi connectivity index (χ0n) is 12.7. The molecule has 112 valence electrons. The highest BCUT2D eigenvalue weighted by Crippen LogP contribution is 2.30. The monoisotopic (exact) mass is 271 g/mol. The van der Waals surface area contributed by atoms with Gasteiger partial charge < -0.3 is 14.8 Å². The second-order valence-electron chi connectivity index (χ2n) is 5.96. The van der Waals surface area contributed by atoms with Gasteiger partial charge in [-0.25, -0.2) is 0 Å². The number of nitrogens with one attached hydrogen (secondary N) is 1. The normalized spacial score (nSPS) is 18.5. The van der Waals surface area contributed by atoms with E-state index in [-0.39, 0.29) is 11.5 Å². The second kappa shape index (κ2) is 8.54. The number of hydrogen-bond donors (Lipinski definition) is 1. The van der Waals surface area contributed by atoms with E-state index in [1.165, 1.54) is 19.3 Å². The maximum atomic E-state index is 11.9. The Bertz CT molecular complexity index is 260. The van der Waals surface area contributed by atoms with Crippen LogP contribution >= 0.6 is 0 Å². The Morgan fingerprint density at radius 3 is 2.47 bits per heavy atom. The van der Waals surface area contributed by atoms with E-state index in [1.54, 1.807) is 0 Å². The SMILES string of the molecule is CNC1(CC(=O)OCCOCC(C)C)CCCCC1. The van der Waals surface area contributed by atoms with Crippen LogP contribution in [0.5, 0.6) is 0 Å². The highest BCUT2D eigenvalue weighted by molar-refractivity contribution is 5.71. The van der Waals surface area contributed by atoms with Gasteiger partial charge in [0.2, 0.25) is 0 Å². The third-order valence-corrected chi connectivity index (χ3v) is 3.77. The third kappa shape index (κ3) is 6.39. The molecule has 4 heteroatoms. The van der Waals surface area contributed by atoms with E-state index in [1.807, 2.05) is 7.05 Å². The molecule has 0 aromatic carbocycles. The van der Waals surface area contributed by atoms with Crippen LogP contribution in [0.4, 0.5) is 0 Å². The minimum atomic E-state index is -0.107. The summed E-state index contributed by atoms with van der Waals surface area (Å²) < 4.78 is 10.6. The molecule has 1 N–H and O–H groups in total. The molecule has 1 aliphatic carbocycles. The maximum absolute atomic E-state index is 11.9. The highest BCUT2D eigenvalue weighted by Gasteiger charge is 2.33. The van der Waals surface area contributed by atoms with Crippen LogP contribution < -0.4 is 5.32 Å². The van der Waals surface area contributed by atoms with Crippen molar-refractivity contribution in [2.75, 3.05) is 26.9 Å². The van der Waals surface area contributed by atoms with Gasteiger partial charge in [0.1, 0.15) is 6.61 Å². The molecule has 0 radical (unpaired) electrons. The van der Waals surface area contributed by atoms with Gasteiger partial charge in [-0.2, -0.15) is 0 Å². The smallest absolute Gasteiger partial charge is 0.307 e. The molecule has 0 aromatic rings. The van der Waals surface area contributed by atoms with Gasteiger partial charge in [-0.1, -0.05) is 33.1 Å². The van der Waals surface area contributed by atoms with Crippen LogP contribution in [-0.2, 0) is 14.3 Å². The first-order valence-corrected chi connectivity index (χ1v) is 7.50. The Labute approximate surface area is 117 Å². The second-order valence-corrected chi connectivity index (χ2v) is 5.96. The van der Waals surface area contributed by atoms with E-state index < -0.39 is 0 Å². The summed E-state index contributed by atoms with van der Waals surface area (Å²) >= 11 is 0. The molecule has 0 spiro atoms. The van der Waals surface area contributed by atoms with Gasteiger partial charge in [-0.15, -0.1) is 0 Å². The fourth-order valence-electron chi connectivity index (χ4n) is 2.60. The molecule has 0 amide bonds. The Kier molecular flexibility index (Phi) is 7.39. The molecule has 4 nitrogen and oxygen atoms in total. The third-order valence-electron chi connectivity index (χ3n) is 3.77. The van der Waals surface area contributed by atoms with E-state index >= 15 is 0 Å². The fraction of sp³-hybridized carbons (Fsp3) is 0.933. The van der Waals surface area contributed by atoms with E-state index in [2.05, 4.69) is 19.2 Å². The van der Waals surface area contributed by atoms with E-state index in [4.69, 9.17) is 9.47 Å². The van der Waals surface area contributed by atoms with Crippen molar-refractivity contribution in [3.05, 3.63) is 0 Å². The Morgan fingerprint density at radius 2 is 1.89 bits per heavy atom. The summed E-state index contributed by atoms with van der Waals surface area (Å²) in [5.74, 6) is 0.412. The predicted molar refractivity (Wildman–Crippen MR) is 76.1 cm³/mol. The molecule has 0 aromatic heterocycles. The Balaban J connectivity index is 2.18. The molecule has 1 rings (SSSR count). The average molecular weight is 271 g/mol. The average Bonchev–Trinajstić information content (AvgIpc) is 2.39. The molecule has 0 unspecified atom stereocenters. The van der Waals surface area contributed by atoms with Gasteiger partial charge in [0.15, 0.2) is 0 Å². The van der Waals surface area contributed by atoms with Gasteiger partial charge in [-0.05, 0) is 25.8 Å². The Morgan fingerprint density at radius 1 is 1.21 bits per heavy atom. The number of esters is 1. The van der Waals surface area contributed by atoms with Crippen LogP contribution in [0, 0.1) is 5.92 Å². The van der Waals surface area contributed by atoms with Crippen LogP contribution in [0.1, 0.15) is 52.4 Å². The minimum Gasteiger partial charge on any atom is -0.463 e. The summed E-state index contributed by atoms with van der Waals surface area (Å²) in [6.45, 7) is 5.79. The van der Waals surface area contributed by atoms with Gasteiger partial charge in [0.25, 0.3) is 0 Å². The van der Waals surface area contributed by atoms with Gasteiger partial charge in [0.05, 0.1) is 13.0 Å². The molecule has 1 fully saturated rings. The van der Waals surface area contributed by atoms with Crippen molar-refractivity contribution in [2.45, 2.75) is 57.9 Å². The molecule has 1 aliphatic rings. The van der Waals surface area contributed by atoms with Crippen LogP contribution in [-0.4, -0.2) is 38.4 Å². The number of ether oxygens (including phenoxy) is 2. The highest BCUT2D eigenvalue weighted by atomic mass is 16.6. The first-order valence-electron chi connectivity index (χ1n) is 7.50. The van der Waals surface area contributed by atoms with Crippen LogP contribution in [0.15, 0.2) is 0 Å². The first kappa shape index (κ1) is 16.4. The molecular weight excluding hydrogens is 242 g/mol. The maximum Gasteiger partial charge on any atom is 0.307 e. The zero-order chi connectivity index (χ0) is 14.1. The lowest BCUT2D eigenvalue weighted by molar-refractivity contribution is -0.147. The standard InChI is InChI=1S/C15H29NO3/c1-13(2)12-18-9-10-19-14(17)11-15(16-3)7-5-4-6-8-15/h13,16H,4-12H2,1-3H3. The first-order chi connectivity index (χ1) is 9.08. The fourth-order valence-corrected chi connectivity index (χ4v) is 2.60. The van der Waals surface area contributed by atoms with Crippen LogP contribution in [0.3, 0.4) is 0 Å². The largest absolute Gasteiger partial charge is 0.463 e. The molecule has 1 saturated carbocycles. The van der Waals surface area contributed by atoms with Gasteiger partial charge >= 0.3 is 5.97 Å². The van der Waals surface area contributed by atoms with E-state index in [0.29, 0.717) is 25.6 Å². The summed E-state index contributed by atoms with van der Waals surface area (Å²) in [7, 11) is 1.95. The number of carbonyl (C=O) groups excluding carboxylic acids is 1. The molecule has 19 heavy (non-hydrogen) atoms. The molecule has 0 bridgehead atoms. The topological polar surface area (TPSA) is 47.6 Å². The molecule has 0 heterocycles. The van der Waals surface area contributed by atoms with Crippen molar-refractivity contribution < 1.29 is 14.3 Å². The summed E-state index contributed by atoms with van der Waals surface area (Å²) in [6.07, 6.45) is 6.30. The van der Waals surface area contributed by atoms with Crippen LogP contribution in [0.2, 0.25) is 0 Å². The summed E-state index contributed by atoms with van der Waals surface area (Å²) in [6, 6.07) is 0. The quantitative estimate of drug-likeness (QED) is 0.544. The summed E-state index contributed by atoms with van der Waals surface area (Å²) in [5, 5.41) is 3.33. The number of hydrogen-bond acceptors (Lipinski definition) is 4. The summed E-state index contributed by atoms with van der Waals surface area (Å²) in [4.78, 5) is 11.9. The number of carbonyl (C=O) groups is 1. The van der Waals surface area contributed by atoms with Crippen molar-refractivity contribution in [3.8, 4) is 0 Å². The van der Waals surface area contributed by atoms with Crippen molar-refractivity contribution in [2.24, 2.45) is 5.92 Å². The Hall–Kier alpha value is -0.610. The predicted octanol–water partition coefficient (Wildman–Crippen LogP) is 2.51. The van der Waals surface area contributed by atoms with E-state index in [9.17, 15) is 4.79 Å². The summed E-state index contributed by atoms with van der Waals surface area (Å²) in [5.41, 5.74) is -0.0336. The van der Waals surface area contributed by atoms with Crippen molar-refractivity contribution in [1.29, 1.82) is 0 Å². The van der Waals surface area contributed by atoms with Gasteiger partial charge in [0, 0.05) is 12.1 Å². The van der Waals surface area contributed by atoms with E-state index in [0.717, 1.165) is 19.4 Å². The lowest BCUT2D eigenvalue weighted by atomic mass is 9.79. The van der Waals surface area contributed by atoms with Crippen LogP contribution in [0.25, 0.3) is 0 Å². The lowest BCUT2D eigenvalue weighted by Gasteiger charge is -2.36. The lowest BCUT2D eigenvalue weighted by Crippen LogP contribution is -2.46.